The van der Waals surface area contributed by atoms with Gasteiger partial charge in [0.1, 0.15) is 17.9 Å². The van der Waals surface area contributed by atoms with Crippen molar-refractivity contribution >= 4 is 17.6 Å². The van der Waals surface area contributed by atoms with Crippen molar-refractivity contribution in [2.24, 2.45) is 0 Å². The highest BCUT2D eigenvalue weighted by atomic mass is 32.2. The summed E-state index contributed by atoms with van der Waals surface area (Å²) in [6.07, 6.45) is 3.38. The van der Waals surface area contributed by atoms with Crippen LogP contribution in [0.15, 0.2) is 41.6 Å². The normalized spacial score (nSPS) is 10.1. The van der Waals surface area contributed by atoms with Crippen LogP contribution in [0.25, 0.3) is 0 Å². The molecule has 0 saturated carbocycles. The standard InChI is InChI=1S/C11H11N3OS/c1-16-9-5-3-2-4-8(9)15-11-6-10(12)13-7-14-11/h2-7H,1H3,(H2,12,13,14). The molecule has 2 N–H and O–H groups in total. The topological polar surface area (TPSA) is 61.0 Å². The number of nitrogens with zero attached hydrogens (tertiary/aromatic N) is 2. The summed E-state index contributed by atoms with van der Waals surface area (Å²) in [5.74, 6) is 1.62. The van der Waals surface area contributed by atoms with Crippen molar-refractivity contribution < 1.29 is 4.74 Å². The molecule has 2 rings (SSSR count). The summed E-state index contributed by atoms with van der Waals surface area (Å²) in [7, 11) is 0. The predicted octanol–water partition coefficient (Wildman–Crippen LogP) is 2.57. The number of hydrogen-bond acceptors (Lipinski definition) is 5. The lowest BCUT2D eigenvalue weighted by Crippen LogP contribution is -1.94. The van der Waals surface area contributed by atoms with Gasteiger partial charge in [0, 0.05) is 11.0 Å². The minimum Gasteiger partial charge on any atom is -0.438 e. The molecule has 0 aliphatic carbocycles. The van der Waals surface area contributed by atoms with E-state index in [0.717, 1.165) is 10.6 Å². The Morgan fingerprint density at radius 1 is 1.25 bits per heavy atom. The monoisotopic (exact) mass is 233 g/mol. The average Bonchev–Trinajstić information content (AvgIpc) is 2.30. The van der Waals surface area contributed by atoms with Crippen molar-refractivity contribution in [1.82, 2.24) is 9.97 Å². The SMILES string of the molecule is CSc1ccccc1Oc1cc(N)ncn1. The maximum atomic E-state index is 5.63. The van der Waals surface area contributed by atoms with E-state index in [1.54, 1.807) is 17.8 Å². The lowest BCUT2D eigenvalue weighted by atomic mass is 10.3. The second-order valence-corrected chi connectivity index (χ2v) is 3.88. The van der Waals surface area contributed by atoms with Crippen molar-refractivity contribution in [2.75, 3.05) is 12.0 Å². The molecule has 0 unspecified atom stereocenters. The Balaban J connectivity index is 2.26. The van der Waals surface area contributed by atoms with Gasteiger partial charge in [-0.25, -0.2) is 9.97 Å². The van der Waals surface area contributed by atoms with Gasteiger partial charge < -0.3 is 10.5 Å². The lowest BCUT2D eigenvalue weighted by Gasteiger charge is -2.08. The molecule has 0 spiro atoms. The maximum Gasteiger partial charge on any atom is 0.224 e. The molecule has 0 saturated heterocycles. The van der Waals surface area contributed by atoms with Gasteiger partial charge in [0.15, 0.2) is 0 Å². The van der Waals surface area contributed by atoms with Crippen LogP contribution in [0.3, 0.4) is 0 Å². The number of thioether (sulfide) groups is 1. The van der Waals surface area contributed by atoms with Crippen LogP contribution in [-0.4, -0.2) is 16.2 Å². The lowest BCUT2D eigenvalue weighted by molar-refractivity contribution is 0.451. The van der Waals surface area contributed by atoms with E-state index in [0.29, 0.717) is 11.7 Å². The van der Waals surface area contributed by atoms with Gasteiger partial charge in [-0.05, 0) is 18.4 Å². The number of ether oxygens (including phenoxy) is 1. The number of rotatable bonds is 3. The molecule has 0 bridgehead atoms. The van der Waals surface area contributed by atoms with E-state index in [1.807, 2.05) is 30.5 Å². The molecule has 0 aliphatic heterocycles. The number of anilines is 1. The summed E-state index contributed by atoms with van der Waals surface area (Å²) in [4.78, 5) is 8.85. The molecule has 0 radical (unpaired) electrons. The third kappa shape index (κ3) is 2.43. The molecular weight excluding hydrogens is 222 g/mol. The van der Waals surface area contributed by atoms with Crippen LogP contribution in [0.2, 0.25) is 0 Å². The quantitative estimate of drug-likeness (QED) is 0.825. The van der Waals surface area contributed by atoms with Gasteiger partial charge in [0.2, 0.25) is 5.88 Å². The Kier molecular flexibility index (Phi) is 3.26. The number of nitrogen functional groups attached to an aromatic ring is 1. The molecule has 16 heavy (non-hydrogen) atoms. The number of benzene rings is 1. The maximum absolute atomic E-state index is 5.63. The molecule has 0 fully saturated rings. The van der Waals surface area contributed by atoms with Gasteiger partial charge in [0.05, 0.1) is 0 Å². The van der Waals surface area contributed by atoms with E-state index >= 15 is 0 Å². The molecule has 82 valence electrons. The van der Waals surface area contributed by atoms with E-state index in [9.17, 15) is 0 Å². The number of aromatic nitrogens is 2. The van der Waals surface area contributed by atoms with Crippen LogP contribution >= 0.6 is 11.8 Å². The molecule has 0 aliphatic rings. The predicted molar refractivity (Wildman–Crippen MR) is 64.7 cm³/mol. The van der Waals surface area contributed by atoms with E-state index in [-0.39, 0.29) is 0 Å². The minimum atomic E-state index is 0.395. The fraction of sp³-hybridized carbons (Fsp3) is 0.0909. The summed E-state index contributed by atoms with van der Waals surface area (Å²) in [5, 5.41) is 0. The number of hydrogen-bond donors (Lipinski definition) is 1. The van der Waals surface area contributed by atoms with E-state index in [4.69, 9.17) is 10.5 Å². The van der Waals surface area contributed by atoms with Crippen molar-refractivity contribution in [3.05, 3.63) is 36.7 Å². The summed E-state index contributed by atoms with van der Waals surface area (Å²) < 4.78 is 5.63. The Morgan fingerprint density at radius 3 is 2.81 bits per heavy atom. The first-order valence-electron chi connectivity index (χ1n) is 4.68. The molecule has 0 atom stereocenters. The highest BCUT2D eigenvalue weighted by Gasteiger charge is 2.04. The first kappa shape index (κ1) is 10.8. The fourth-order valence-corrected chi connectivity index (χ4v) is 1.75. The van der Waals surface area contributed by atoms with Gasteiger partial charge in [-0.3, -0.25) is 0 Å². The summed E-state index contributed by atoms with van der Waals surface area (Å²) >= 11 is 1.62. The Hall–Kier alpha value is -1.75. The molecule has 2 aromatic rings. The first-order chi connectivity index (χ1) is 7.79. The number of para-hydroxylation sites is 1. The first-order valence-corrected chi connectivity index (χ1v) is 5.90. The van der Waals surface area contributed by atoms with Crippen LogP contribution in [0.4, 0.5) is 5.82 Å². The summed E-state index contributed by atoms with van der Waals surface area (Å²) in [6, 6.07) is 9.36. The van der Waals surface area contributed by atoms with E-state index in [1.165, 1.54) is 6.33 Å². The average molecular weight is 233 g/mol. The smallest absolute Gasteiger partial charge is 0.224 e. The van der Waals surface area contributed by atoms with Crippen LogP contribution < -0.4 is 10.5 Å². The molecule has 4 nitrogen and oxygen atoms in total. The van der Waals surface area contributed by atoms with Crippen LogP contribution in [0.1, 0.15) is 0 Å². The van der Waals surface area contributed by atoms with Gasteiger partial charge in [0.25, 0.3) is 0 Å². The molecule has 1 aromatic heterocycles. The van der Waals surface area contributed by atoms with Gasteiger partial charge in [-0.2, -0.15) is 0 Å². The highest BCUT2D eigenvalue weighted by Crippen LogP contribution is 2.30. The molecule has 1 heterocycles. The van der Waals surface area contributed by atoms with E-state index in [2.05, 4.69) is 9.97 Å². The zero-order valence-corrected chi connectivity index (χ0v) is 9.57. The minimum absolute atomic E-state index is 0.395. The fourth-order valence-electron chi connectivity index (χ4n) is 1.23. The van der Waals surface area contributed by atoms with Crippen LogP contribution in [0, 0.1) is 0 Å². The molecule has 0 amide bonds. The summed E-state index contributed by atoms with van der Waals surface area (Å²) in [5.41, 5.74) is 5.55. The van der Waals surface area contributed by atoms with Crippen molar-refractivity contribution in [3.63, 3.8) is 0 Å². The molecule has 1 aromatic carbocycles. The third-order valence-electron chi connectivity index (χ3n) is 1.95. The molecular formula is C11H11N3OS. The zero-order valence-electron chi connectivity index (χ0n) is 8.75. The second kappa shape index (κ2) is 4.85. The second-order valence-electron chi connectivity index (χ2n) is 3.03. The highest BCUT2D eigenvalue weighted by molar-refractivity contribution is 7.98. The van der Waals surface area contributed by atoms with Crippen LogP contribution in [-0.2, 0) is 0 Å². The van der Waals surface area contributed by atoms with E-state index < -0.39 is 0 Å². The Morgan fingerprint density at radius 2 is 2.06 bits per heavy atom. The third-order valence-corrected chi connectivity index (χ3v) is 2.72. The van der Waals surface area contributed by atoms with Crippen molar-refractivity contribution in [3.8, 4) is 11.6 Å². The van der Waals surface area contributed by atoms with Gasteiger partial charge in [-0.1, -0.05) is 12.1 Å². The Labute approximate surface area is 97.9 Å². The zero-order chi connectivity index (χ0) is 11.4. The largest absolute Gasteiger partial charge is 0.438 e. The van der Waals surface area contributed by atoms with Gasteiger partial charge in [-0.15, -0.1) is 11.8 Å². The van der Waals surface area contributed by atoms with Crippen LogP contribution in [0.5, 0.6) is 11.6 Å². The Bertz CT molecular complexity index is 490. The molecule has 5 heteroatoms. The van der Waals surface area contributed by atoms with Gasteiger partial charge >= 0.3 is 0 Å². The summed E-state index contributed by atoms with van der Waals surface area (Å²) in [6.45, 7) is 0. The van der Waals surface area contributed by atoms with Crippen molar-refractivity contribution in [2.45, 2.75) is 4.90 Å². The van der Waals surface area contributed by atoms with Crippen molar-refractivity contribution in [1.29, 1.82) is 0 Å². The number of nitrogens with two attached hydrogens (primary N) is 1.